The Balaban J connectivity index is 2.17. The molecule has 0 unspecified atom stereocenters. The predicted octanol–water partition coefficient (Wildman–Crippen LogP) is 4.94. The third-order valence-corrected chi connectivity index (χ3v) is 8.36. The van der Waals surface area contributed by atoms with Crippen LogP contribution in [0, 0.1) is 0 Å². The number of ketones is 2. The van der Waals surface area contributed by atoms with Gasteiger partial charge in [-0.1, -0.05) is 18.0 Å². The van der Waals surface area contributed by atoms with Crippen LogP contribution in [0.1, 0.15) is 44.1 Å². The minimum absolute atomic E-state index is 0.131. The number of thioether (sulfide) groups is 1. The van der Waals surface area contributed by atoms with Crippen molar-refractivity contribution in [2.75, 3.05) is 17.8 Å². The van der Waals surface area contributed by atoms with Gasteiger partial charge in [0.15, 0.2) is 11.6 Å². The molecule has 2 fully saturated rings. The third kappa shape index (κ3) is 4.25. The summed E-state index contributed by atoms with van der Waals surface area (Å²) < 4.78 is 17.6. The number of benzene rings is 1. The second kappa shape index (κ2) is 8.37. The molecule has 0 bridgehead atoms. The van der Waals surface area contributed by atoms with Gasteiger partial charge in [0.1, 0.15) is 17.0 Å². The number of hydrogen-bond donors (Lipinski definition) is 1. The van der Waals surface area contributed by atoms with Crippen molar-refractivity contribution < 1.29 is 18.9 Å². The Hall–Kier alpha value is -1.31. The highest BCUT2D eigenvalue weighted by Crippen LogP contribution is 2.41. The molecular formula is C19H22ClNO4S2. The average Bonchev–Trinajstić information content (AvgIpc) is 2.63. The van der Waals surface area contributed by atoms with Crippen LogP contribution in [0.5, 0.6) is 0 Å². The van der Waals surface area contributed by atoms with Gasteiger partial charge in [0.25, 0.3) is 0 Å². The van der Waals surface area contributed by atoms with Gasteiger partial charge in [-0.05, 0) is 37.7 Å². The van der Waals surface area contributed by atoms with E-state index < -0.39 is 15.5 Å². The second-order valence-electron chi connectivity index (χ2n) is 6.73. The standard InChI is InChI=1S/C19H22ClNO4S2/c1-26-15-9-8-12(19(24)16-13(22)6-5-7-14(16)23)17(20)18(15)21-27(25)10-3-2-4-11-27/h8-9,24H,2-7,10-11H2,1H3. The summed E-state index contributed by atoms with van der Waals surface area (Å²) in [5, 5.41) is 10.8. The molecule has 0 amide bonds. The first-order chi connectivity index (χ1) is 12.9. The number of carbonyl (C=O) groups excluding carboxylic acids is 2. The summed E-state index contributed by atoms with van der Waals surface area (Å²) in [5.41, 5.74) is 0.370. The number of nitrogens with zero attached hydrogens (tertiary/aromatic N) is 1. The van der Waals surface area contributed by atoms with Crippen LogP contribution < -0.4 is 0 Å². The molecule has 0 spiro atoms. The monoisotopic (exact) mass is 427 g/mol. The fraction of sp³-hybridized carbons (Fsp3) is 0.474. The number of carbonyl (C=O) groups is 2. The molecule has 1 aliphatic heterocycles. The molecule has 27 heavy (non-hydrogen) atoms. The summed E-state index contributed by atoms with van der Waals surface area (Å²) in [5.74, 6) is -0.0788. The van der Waals surface area contributed by atoms with E-state index >= 15 is 0 Å². The summed E-state index contributed by atoms with van der Waals surface area (Å²) in [6, 6.07) is 3.31. The van der Waals surface area contributed by atoms with Crippen LogP contribution in [-0.4, -0.2) is 38.6 Å². The number of halogens is 1. The molecule has 1 saturated carbocycles. The first-order valence-electron chi connectivity index (χ1n) is 8.95. The van der Waals surface area contributed by atoms with Crippen molar-refractivity contribution in [3.8, 4) is 0 Å². The van der Waals surface area contributed by atoms with Gasteiger partial charge < -0.3 is 5.11 Å². The molecule has 1 aliphatic carbocycles. The summed E-state index contributed by atoms with van der Waals surface area (Å²) in [4.78, 5) is 25.0. The van der Waals surface area contributed by atoms with E-state index in [9.17, 15) is 18.9 Å². The molecule has 1 saturated heterocycles. The lowest BCUT2D eigenvalue weighted by atomic mass is 9.90. The molecule has 1 aromatic rings. The molecule has 2 aliphatic rings. The normalized spacial score (nSPS) is 19.9. The first-order valence-corrected chi connectivity index (χ1v) is 12.4. The maximum Gasteiger partial charge on any atom is 0.170 e. The lowest BCUT2D eigenvalue weighted by Crippen LogP contribution is -2.20. The molecule has 1 N–H and O–H groups in total. The van der Waals surface area contributed by atoms with Crippen LogP contribution in [-0.2, 0) is 19.3 Å². The van der Waals surface area contributed by atoms with Crippen molar-refractivity contribution in [2.45, 2.75) is 43.4 Å². The molecular weight excluding hydrogens is 406 g/mol. The summed E-state index contributed by atoms with van der Waals surface area (Å²) in [7, 11) is -2.39. The van der Waals surface area contributed by atoms with E-state index in [0.29, 0.717) is 23.6 Å². The Morgan fingerprint density at radius 3 is 2.33 bits per heavy atom. The quantitative estimate of drug-likeness (QED) is 0.320. The van der Waals surface area contributed by atoms with Gasteiger partial charge in [-0.25, -0.2) is 4.21 Å². The number of aliphatic hydroxyl groups is 1. The fourth-order valence-electron chi connectivity index (χ4n) is 3.38. The van der Waals surface area contributed by atoms with E-state index in [-0.39, 0.29) is 40.6 Å². The highest BCUT2D eigenvalue weighted by atomic mass is 35.5. The highest BCUT2D eigenvalue weighted by molar-refractivity contribution is 7.98. The zero-order valence-corrected chi connectivity index (χ0v) is 17.5. The van der Waals surface area contributed by atoms with Gasteiger partial charge in [-0.3, -0.25) is 9.59 Å². The van der Waals surface area contributed by atoms with Crippen molar-refractivity contribution in [2.24, 2.45) is 4.36 Å². The number of rotatable bonds is 3. The van der Waals surface area contributed by atoms with Crippen molar-refractivity contribution in [3.05, 3.63) is 28.3 Å². The summed E-state index contributed by atoms with van der Waals surface area (Å²) in [6.07, 6.45) is 5.61. The predicted molar refractivity (Wildman–Crippen MR) is 110 cm³/mol. The molecule has 0 aromatic heterocycles. The Morgan fingerprint density at radius 1 is 1.11 bits per heavy atom. The van der Waals surface area contributed by atoms with Crippen molar-refractivity contribution >= 4 is 56.1 Å². The van der Waals surface area contributed by atoms with E-state index in [4.69, 9.17) is 11.6 Å². The van der Waals surface area contributed by atoms with E-state index in [0.717, 1.165) is 24.2 Å². The van der Waals surface area contributed by atoms with E-state index in [1.54, 1.807) is 12.1 Å². The van der Waals surface area contributed by atoms with Crippen LogP contribution in [0.15, 0.2) is 27.0 Å². The lowest BCUT2D eigenvalue weighted by molar-refractivity contribution is -0.123. The van der Waals surface area contributed by atoms with E-state index in [1.165, 1.54) is 11.8 Å². The van der Waals surface area contributed by atoms with Crippen LogP contribution >= 0.6 is 23.4 Å². The Morgan fingerprint density at radius 2 is 1.74 bits per heavy atom. The van der Waals surface area contributed by atoms with Crippen LogP contribution in [0.25, 0.3) is 5.76 Å². The smallest absolute Gasteiger partial charge is 0.170 e. The van der Waals surface area contributed by atoms with Gasteiger partial charge in [0, 0.05) is 34.8 Å². The Kier molecular flexibility index (Phi) is 6.33. The zero-order valence-electron chi connectivity index (χ0n) is 15.1. The molecule has 0 atom stereocenters. The maximum absolute atomic E-state index is 13.1. The number of hydrogen-bond acceptors (Lipinski definition) is 6. The molecule has 3 rings (SSSR count). The first kappa shape index (κ1) is 20.4. The second-order valence-corrected chi connectivity index (χ2v) is 10.5. The van der Waals surface area contributed by atoms with Gasteiger partial charge in [-0.15, -0.1) is 11.8 Å². The summed E-state index contributed by atoms with van der Waals surface area (Å²) >= 11 is 7.95. The minimum atomic E-state index is -2.39. The SMILES string of the molecule is CSc1ccc(C(O)=C2C(=O)CCCC2=O)c(Cl)c1N=S1(=O)CCCCC1. The van der Waals surface area contributed by atoms with Gasteiger partial charge >= 0.3 is 0 Å². The molecule has 1 heterocycles. The minimum Gasteiger partial charge on any atom is -0.506 e. The lowest BCUT2D eigenvalue weighted by Gasteiger charge is -2.18. The van der Waals surface area contributed by atoms with Crippen molar-refractivity contribution in [3.63, 3.8) is 0 Å². The fourth-order valence-corrected chi connectivity index (χ4v) is 6.61. The van der Waals surface area contributed by atoms with E-state index in [2.05, 4.69) is 4.36 Å². The number of Topliss-reactive ketones (excluding diaryl/α,β-unsaturated/α-hetero) is 2. The van der Waals surface area contributed by atoms with Crippen molar-refractivity contribution in [1.29, 1.82) is 0 Å². The maximum atomic E-state index is 13.1. The zero-order chi connectivity index (χ0) is 19.6. The van der Waals surface area contributed by atoms with Crippen LogP contribution in [0.2, 0.25) is 5.02 Å². The number of aliphatic hydroxyl groups excluding tert-OH is 1. The Bertz CT molecular complexity index is 915. The number of allylic oxidation sites excluding steroid dienone is 1. The van der Waals surface area contributed by atoms with Crippen LogP contribution in [0.4, 0.5) is 5.69 Å². The molecule has 146 valence electrons. The largest absolute Gasteiger partial charge is 0.506 e. The van der Waals surface area contributed by atoms with E-state index in [1.807, 2.05) is 6.26 Å². The summed E-state index contributed by atoms with van der Waals surface area (Å²) in [6.45, 7) is 0. The molecule has 8 heteroatoms. The Labute approximate surface area is 168 Å². The van der Waals surface area contributed by atoms with Gasteiger partial charge in [0.05, 0.1) is 14.8 Å². The third-order valence-electron chi connectivity index (χ3n) is 4.84. The topological polar surface area (TPSA) is 83.8 Å². The average molecular weight is 428 g/mol. The highest BCUT2D eigenvalue weighted by Gasteiger charge is 2.29. The molecule has 1 aromatic carbocycles. The van der Waals surface area contributed by atoms with Gasteiger partial charge in [-0.2, -0.15) is 4.36 Å². The molecule has 0 radical (unpaired) electrons. The van der Waals surface area contributed by atoms with Gasteiger partial charge in [0.2, 0.25) is 0 Å². The van der Waals surface area contributed by atoms with Crippen molar-refractivity contribution in [1.82, 2.24) is 0 Å². The van der Waals surface area contributed by atoms with Crippen LogP contribution in [0.3, 0.4) is 0 Å². The molecule has 5 nitrogen and oxygen atoms in total.